The lowest BCUT2D eigenvalue weighted by molar-refractivity contribution is -0.116. The van der Waals surface area contributed by atoms with Gasteiger partial charge in [0.25, 0.3) is 0 Å². The molecule has 1 amide bonds. The Kier molecular flexibility index (Phi) is 6.78. The molecule has 162 valence electrons. The molecule has 1 unspecified atom stereocenters. The van der Waals surface area contributed by atoms with Crippen LogP contribution in [-0.2, 0) is 11.2 Å². The molecule has 2 aromatic rings. The van der Waals surface area contributed by atoms with E-state index in [1.54, 1.807) is 0 Å². The van der Waals surface area contributed by atoms with Crippen molar-refractivity contribution in [3.8, 4) is 0 Å². The lowest BCUT2D eigenvalue weighted by Gasteiger charge is -2.22. The highest BCUT2D eigenvalue weighted by Crippen LogP contribution is 2.32. The summed E-state index contributed by atoms with van der Waals surface area (Å²) in [6, 6.07) is 13.3. The van der Waals surface area contributed by atoms with E-state index in [-0.39, 0.29) is 5.91 Å². The van der Waals surface area contributed by atoms with Crippen LogP contribution in [0.15, 0.2) is 36.4 Å². The van der Waals surface area contributed by atoms with Gasteiger partial charge in [0.1, 0.15) is 0 Å². The maximum absolute atomic E-state index is 12.4. The number of aryl methyl sites for hydroxylation is 1. The quantitative estimate of drug-likeness (QED) is 0.694. The topological polar surface area (TPSA) is 51.4 Å². The molecule has 2 heterocycles. The molecule has 1 atom stereocenters. The molecule has 2 aliphatic rings. The van der Waals surface area contributed by atoms with E-state index in [4.69, 9.17) is 0 Å². The van der Waals surface area contributed by atoms with E-state index in [1.165, 1.54) is 55.6 Å². The van der Waals surface area contributed by atoms with Crippen molar-refractivity contribution >= 4 is 17.3 Å². The molecule has 0 bridgehead atoms. The Morgan fingerprint density at radius 3 is 2.53 bits per heavy atom. The number of carbonyl (C=O) groups is 1. The third-order valence-corrected chi connectivity index (χ3v) is 6.85. The third kappa shape index (κ3) is 5.25. The number of carbonyl (C=O) groups excluding carboxylic acids is 1. The van der Waals surface area contributed by atoms with Gasteiger partial charge in [0.05, 0.1) is 0 Å². The molecule has 0 spiro atoms. The molecule has 5 nitrogen and oxygen atoms in total. The van der Waals surface area contributed by atoms with Crippen LogP contribution in [0.2, 0.25) is 0 Å². The number of nitrogens with zero attached hydrogens (tertiary/aromatic N) is 2. The average Bonchev–Trinajstić information content (AvgIpc) is 3.44. The third-order valence-electron chi connectivity index (χ3n) is 6.85. The summed E-state index contributed by atoms with van der Waals surface area (Å²) >= 11 is 0. The number of hydrogen-bond acceptors (Lipinski definition) is 3. The first-order chi connectivity index (χ1) is 14.6. The van der Waals surface area contributed by atoms with Gasteiger partial charge in [0.2, 0.25) is 5.91 Å². The highest BCUT2D eigenvalue weighted by Gasteiger charge is 2.24. The zero-order chi connectivity index (χ0) is 20.9. The van der Waals surface area contributed by atoms with Crippen LogP contribution in [0.3, 0.4) is 0 Å². The molecule has 1 aromatic carbocycles. The number of amides is 1. The molecule has 1 saturated heterocycles. The largest absolute Gasteiger partial charge is 0.370 e. The Morgan fingerprint density at radius 2 is 1.83 bits per heavy atom. The van der Waals surface area contributed by atoms with Crippen molar-refractivity contribution in [1.29, 1.82) is 0 Å². The summed E-state index contributed by atoms with van der Waals surface area (Å²) < 4.78 is 0. The molecule has 2 fully saturated rings. The number of hydrogen-bond donors (Lipinski definition) is 2. The summed E-state index contributed by atoms with van der Waals surface area (Å²) in [5.41, 5.74) is 4.64. The van der Waals surface area contributed by atoms with E-state index in [9.17, 15) is 4.79 Å². The van der Waals surface area contributed by atoms with Crippen LogP contribution in [0.5, 0.6) is 0 Å². The highest BCUT2D eigenvalue weighted by molar-refractivity contribution is 5.91. The monoisotopic (exact) mass is 408 g/mol. The molecule has 0 radical (unpaired) electrons. The molecule has 1 aromatic heterocycles. The van der Waals surface area contributed by atoms with Crippen LogP contribution < -0.4 is 10.2 Å². The van der Waals surface area contributed by atoms with Gasteiger partial charge in [-0.25, -0.2) is 0 Å². The SMILES string of the molecule is CN(C)C1CCN(c2ccc(NC(=O)CCc3ccc(C4CCCCC4)[nH]3)cc2)C1. The van der Waals surface area contributed by atoms with Crippen molar-refractivity contribution in [2.24, 2.45) is 0 Å². The normalized spacial score (nSPS) is 20.1. The zero-order valence-corrected chi connectivity index (χ0v) is 18.5. The van der Waals surface area contributed by atoms with E-state index >= 15 is 0 Å². The van der Waals surface area contributed by atoms with E-state index in [0.29, 0.717) is 18.4 Å². The first kappa shape index (κ1) is 21.0. The van der Waals surface area contributed by atoms with Crippen molar-refractivity contribution < 1.29 is 4.79 Å². The smallest absolute Gasteiger partial charge is 0.224 e. The number of benzene rings is 1. The number of rotatable bonds is 7. The fourth-order valence-electron chi connectivity index (χ4n) is 4.88. The van der Waals surface area contributed by atoms with Crippen molar-refractivity contribution in [2.45, 2.75) is 63.3 Å². The molecular formula is C25H36N4O. The van der Waals surface area contributed by atoms with Crippen molar-refractivity contribution in [1.82, 2.24) is 9.88 Å². The fraction of sp³-hybridized carbons (Fsp3) is 0.560. The number of likely N-dealkylation sites (N-methyl/N-ethyl adjacent to an activating group) is 1. The van der Waals surface area contributed by atoms with Crippen molar-refractivity contribution in [3.63, 3.8) is 0 Å². The van der Waals surface area contributed by atoms with E-state index in [2.05, 4.69) is 58.5 Å². The van der Waals surface area contributed by atoms with Gasteiger partial charge in [-0.1, -0.05) is 19.3 Å². The van der Waals surface area contributed by atoms with Crippen LogP contribution >= 0.6 is 0 Å². The molecule has 1 saturated carbocycles. The fourth-order valence-corrected chi connectivity index (χ4v) is 4.88. The van der Waals surface area contributed by atoms with Gasteiger partial charge in [0.15, 0.2) is 0 Å². The molecular weight excluding hydrogens is 372 g/mol. The van der Waals surface area contributed by atoms with Crippen LogP contribution in [0, 0.1) is 0 Å². The lowest BCUT2D eigenvalue weighted by Crippen LogP contribution is -2.31. The Morgan fingerprint density at radius 1 is 1.07 bits per heavy atom. The minimum atomic E-state index is 0.0745. The van der Waals surface area contributed by atoms with Crippen LogP contribution in [0.25, 0.3) is 0 Å². The lowest BCUT2D eigenvalue weighted by atomic mass is 9.87. The molecule has 5 heteroatoms. The molecule has 1 aliphatic carbocycles. The van der Waals surface area contributed by atoms with Crippen LogP contribution in [0.4, 0.5) is 11.4 Å². The average molecular weight is 409 g/mol. The maximum atomic E-state index is 12.4. The van der Waals surface area contributed by atoms with E-state index in [1.807, 2.05) is 12.1 Å². The summed E-state index contributed by atoms with van der Waals surface area (Å²) in [5, 5.41) is 3.05. The minimum Gasteiger partial charge on any atom is -0.370 e. The summed E-state index contributed by atoms with van der Waals surface area (Å²) in [4.78, 5) is 20.7. The predicted octanol–water partition coefficient (Wildman–Crippen LogP) is 4.77. The standard InChI is InChI=1S/C25H36N4O/c1-28(2)23-16-17-29(18-23)22-12-8-21(9-13-22)27-25(30)15-11-20-10-14-24(26-20)19-6-4-3-5-7-19/h8-10,12-14,19,23,26H,3-7,11,15-18H2,1-2H3,(H,27,30). The number of aromatic nitrogens is 1. The van der Waals surface area contributed by atoms with Crippen LogP contribution in [-0.4, -0.2) is 49.0 Å². The summed E-state index contributed by atoms with van der Waals surface area (Å²) in [6.45, 7) is 2.16. The molecule has 30 heavy (non-hydrogen) atoms. The first-order valence-electron chi connectivity index (χ1n) is 11.6. The second-order valence-electron chi connectivity index (χ2n) is 9.22. The summed E-state index contributed by atoms with van der Waals surface area (Å²) in [6.07, 6.45) is 9.11. The second-order valence-corrected chi connectivity index (χ2v) is 9.22. The Balaban J connectivity index is 1.24. The van der Waals surface area contributed by atoms with E-state index in [0.717, 1.165) is 25.2 Å². The highest BCUT2D eigenvalue weighted by atomic mass is 16.1. The van der Waals surface area contributed by atoms with E-state index < -0.39 is 0 Å². The Labute approximate surface area is 180 Å². The second kappa shape index (κ2) is 9.69. The predicted molar refractivity (Wildman–Crippen MR) is 124 cm³/mol. The zero-order valence-electron chi connectivity index (χ0n) is 18.5. The van der Waals surface area contributed by atoms with Gasteiger partial charge in [0, 0.05) is 48.3 Å². The summed E-state index contributed by atoms with van der Waals surface area (Å²) in [7, 11) is 4.30. The number of nitrogens with one attached hydrogen (secondary N) is 2. The van der Waals surface area contributed by atoms with Crippen LogP contribution in [0.1, 0.15) is 62.3 Å². The number of anilines is 2. The molecule has 4 rings (SSSR count). The van der Waals surface area contributed by atoms with Gasteiger partial charge < -0.3 is 20.1 Å². The number of H-pyrrole nitrogens is 1. The van der Waals surface area contributed by atoms with Gasteiger partial charge in [-0.15, -0.1) is 0 Å². The maximum Gasteiger partial charge on any atom is 0.224 e. The Hall–Kier alpha value is -2.27. The first-order valence-corrected chi connectivity index (χ1v) is 11.6. The summed E-state index contributed by atoms with van der Waals surface area (Å²) in [5.74, 6) is 0.758. The van der Waals surface area contributed by atoms with Crippen molar-refractivity contribution in [2.75, 3.05) is 37.4 Å². The van der Waals surface area contributed by atoms with Gasteiger partial charge in [-0.05, 0) is 82.1 Å². The van der Waals surface area contributed by atoms with Gasteiger partial charge in [-0.2, -0.15) is 0 Å². The Bertz CT molecular complexity index is 820. The van der Waals surface area contributed by atoms with Gasteiger partial charge in [-0.3, -0.25) is 4.79 Å². The van der Waals surface area contributed by atoms with Crippen molar-refractivity contribution in [3.05, 3.63) is 47.8 Å². The molecule has 1 aliphatic heterocycles. The minimum absolute atomic E-state index is 0.0745. The van der Waals surface area contributed by atoms with Gasteiger partial charge >= 0.3 is 0 Å². The molecule has 2 N–H and O–H groups in total. The number of aromatic amines is 1.